The smallest absolute Gasteiger partial charge is 0.201 e. The van der Waals surface area contributed by atoms with Gasteiger partial charge in [-0.2, -0.15) is 0 Å². The molecule has 3 unspecified atom stereocenters. The molecule has 0 rings (SSSR count). The van der Waals surface area contributed by atoms with E-state index in [-0.39, 0.29) is 5.60 Å². The zero-order chi connectivity index (χ0) is 14.6. The first-order valence-electron chi connectivity index (χ1n) is 7.85. The lowest BCUT2D eigenvalue weighted by Crippen LogP contribution is -2.53. The molecule has 0 spiro atoms. The van der Waals surface area contributed by atoms with Crippen LogP contribution in [0.2, 0.25) is 16.6 Å². The van der Waals surface area contributed by atoms with Crippen molar-refractivity contribution in [2.45, 2.75) is 104 Å². The van der Waals surface area contributed by atoms with Crippen LogP contribution in [0.1, 0.15) is 81.6 Å². The normalized spacial score (nSPS) is 21.2. The number of hydrogen-bond acceptors (Lipinski definition) is 1. The molecular weight excluding hydrogens is 236 g/mol. The van der Waals surface area contributed by atoms with Gasteiger partial charge in [0.15, 0.2) is 0 Å². The molecule has 0 aromatic carbocycles. The first-order chi connectivity index (χ1) is 8.15. The van der Waals surface area contributed by atoms with E-state index in [2.05, 4.69) is 62.3 Å². The standard InChI is InChI=1S/C16H36OSi/c1-10-13(4)18(14(5)11-2,15(6)12-3)17-16(7,8)9/h13-15H,10-12H2,1-9H3. The number of hydrogen-bond donors (Lipinski definition) is 0. The monoisotopic (exact) mass is 272 g/mol. The molecule has 0 aromatic heterocycles. The molecule has 0 amide bonds. The quantitative estimate of drug-likeness (QED) is 0.505. The van der Waals surface area contributed by atoms with Gasteiger partial charge in [-0.15, -0.1) is 0 Å². The lowest BCUT2D eigenvalue weighted by atomic mass is 10.2. The lowest BCUT2D eigenvalue weighted by molar-refractivity contribution is 0.103. The minimum Gasteiger partial charge on any atom is -0.411 e. The molecule has 2 heteroatoms. The summed E-state index contributed by atoms with van der Waals surface area (Å²) in [6.45, 7) is 20.9. The van der Waals surface area contributed by atoms with Gasteiger partial charge in [-0.25, -0.2) is 0 Å². The minimum atomic E-state index is -1.74. The van der Waals surface area contributed by atoms with Crippen molar-refractivity contribution in [1.82, 2.24) is 0 Å². The highest BCUT2D eigenvalue weighted by Gasteiger charge is 2.50. The van der Waals surface area contributed by atoms with Gasteiger partial charge in [-0.05, 0) is 37.4 Å². The molecule has 0 saturated heterocycles. The van der Waals surface area contributed by atoms with Gasteiger partial charge in [-0.1, -0.05) is 60.8 Å². The van der Waals surface area contributed by atoms with Crippen LogP contribution in [0.4, 0.5) is 0 Å². The molecule has 110 valence electrons. The molecular formula is C16H36OSi. The van der Waals surface area contributed by atoms with Crippen LogP contribution in [0.15, 0.2) is 0 Å². The van der Waals surface area contributed by atoms with Gasteiger partial charge in [0.1, 0.15) is 0 Å². The molecule has 0 bridgehead atoms. The summed E-state index contributed by atoms with van der Waals surface area (Å²) >= 11 is 0. The molecule has 0 N–H and O–H groups in total. The first kappa shape index (κ1) is 18.2. The maximum Gasteiger partial charge on any atom is 0.201 e. The predicted molar refractivity (Wildman–Crippen MR) is 85.7 cm³/mol. The van der Waals surface area contributed by atoms with E-state index in [1.807, 2.05) is 0 Å². The maximum absolute atomic E-state index is 6.82. The Bertz CT molecular complexity index is 205. The van der Waals surface area contributed by atoms with E-state index >= 15 is 0 Å². The first-order valence-corrected chi connectivity index (χ1v) is 9.99. The highest BCUT2D eigenvalue weighted by atomic mass is 28.4. The average molecular weight is 273 g/mol. The molecule has 0 aliphatic heterocycles. The van der Waals surface area contributed by atoms with Crippen LogP contribution < -0.4 is 0 Å². The second-order valence-corrected chi connectivity index (χ2v) is 11.9. The van der Waals surface area contributed by atoms with Gasteiger partial charge in [0, 0.05) is 5.60 Å². The van der Waals surface area contributed by atoms with Crippen molar-refractivity contribution in [3.63, 3.8) is 0 Å². The van der Waals surface area contributed by atoms with Gasteiger partial charge in [0.2, 0.25) is 8.32 Å². The highest BCUT2D eigenvalue weighted by Crippen LogP contribution is 2.48. The van der Waals surface area contributed by atoms with Crippen molar-refractivity contribution in [3.05, 3.63) is 0 Å². The summed E-state index contributed by atoms with van der Waals surface area (Å²) in [5.74, 6) is 0. The van der Waals surface area contributed by atoms with Crippen molar-refractivity contribution < 1.29 is 4.43 Å². The zero-order valence-electron chi connectivity index (χ0n) is 14.3. The van der Waals surface area contributed by atoms with Gasteiger partial charge >= 0.3 is 0 Å². The zero-order valence-corrected chi connectivity index (χ0v) is 15.3. The fourth-order valence-corrected chi connectivity index (χ4v) is 9.74. The molecule has 1 nitrogen and oxygen atoms in total. The van der Waals surface area contributed by atoms with Gasteiger partial charge < -0.3 is 4.43 Å². The van der Waals surface area contributed by atoms with Crippen LogP contribution >= 0.6 is 0 Å². The topological polar surface area (TPSA) is 9.23 Å². The SMILES string of the molecule is CCC(C)[Si](OC(C)(C)C)(C(C)CC)C(C)CC. The summed E-state index contributed by atoms with van der Waals surface area (Å²) in [7, 11) is -1.74. The van der Waals surface area contributed by atoms with Gasteiger partial charge in [0.25, 0.3) is 0 Å². The maximum atomic E-state index is 6.82. The third kappa shape index (κ3) is 4.09. The van der Waals surface area contributed by atoms with E-state index in [0.29, 0.717) is 0 Å². The Morgan fingerprint density at radius 2 is 1.06 bits per heavy atom. The summed E-state index contributed by atoms with van der Waals surface area (Å²) in [5.41, 5.74) is 2.20. The van der Waals surface area contributed by atoms with Crippen molar-refractivity contribution >= 4 is 8.32 Å². The molecule has 3 atom stereocenters. The Morgan fingerprint density at radius 3 is 1.22 bits per heavy atom. The predicted octanol–water partition coefficient (Wildman–Crippen LogP) is 6.15. The average Bonchev–Trinajstić information content (AvgIpc) is 2.31. The molecule has 18 heavy (non-hydrogen) atoms. The Kier molecular flexibility index (Phi) is 7.16. The van der Waals surface area contributed by atoms with E-state index in [1.54, 1.807) is 0 Å². The van der Waals surface area contributed by atoms with E-state index < -0.39 is 8.32 Å². The third-order valence-electron chi connectivity index (χ3n) is 4.63. The van der Waals surface area contributed by atoms with Crippen LogP contribution in [0, 0.1) is 0 Å². The van der Waals surface area contributed by atoms with Crippen molar-refractivity contribution in [3.8, 4) is 0 Å². The summed E-state index contributed by atoms with van der Waals surface area (Å²) in [5, 5.41) is 0. The molecule has 0 heterocycles. The van der Waals surface area contributed by atoms with Crippen LogP contribution in [0.3, 0.4) is 0 Å². The van der Waals surface area contributed by atoms with Crippen molar-refractivity contribution in [2.24, 2.45) is 0 Å². The fourth-order valence-electron chi connectivity index (χ4n) is 3.25. The second-order valence-electron chi connectivity index (χ2n) is 7.00. The Labute approximate surface area is 117 Å². The molecule has 0 aromatic rings. The van der Waals surface area contributed by atoms with Crippen molar-refractivity contribution in [1.29, 1.82) is 0 Å². The summed E-state index contributed by atoms with van der Waals surface area (Å²) < 4.78 is 6.82. The van der Waals surface area contributed by atoms with Crippen LogP contribution in [-0.4, -0.2) is 13.9 Å². The lowest BCUT2D eigenvalue weighted by Gasteiger charge is -2.49. The fraction of sp³-hybridized carbons (Fsp3) is 1.00. The third-order valence-corrected chi connectivity index (χ3v) is 11.4. The molecule has 0 aliphatic rings. The van der Waals surface area contributed by atoms with E-state index in [1.165, 1.54) is 19.3 Å². The van der Waals surface area contributed by atoms with Crippen molar-refractivity contribution in [2.75, 3.05) is 0 Å². The van der Waals surface area contributed by atoms with E-state index in [0.717, 1.165) is 16.6 Å². The highest BCUT2D eigenvalue weighted by molar-refractivity contribution is 6.78. The van der Waals surface area contributed by atoms with Crippen LogP contribution in [0.25, 0.3) is 0 Å². The Morgan fingerprint density at radius 1 is 0.778 bits per heavy atom. The Balaban J connectivity index is 5.54. The molecule has 0 aliphatic carbocycles. The van der Waals surface area contributed by atoms with Gasteiger partial charge in [-0.3, -0.25) is 0 Å². The molecule has 0 saturated carbocycles. The summed E-state index contributed by atoms with van der Waals surface area (Å²) in [4.78, 5) is 0. The van der Waals surface area contributed by atoms with Crippen LogP contribution in [0.5, 0.6) is 0 Å². The van der Waals surface area contributed by atoms with Crippen LogP contribution in [-0.2, 0) is 4.43 Å². The largest absolute Gasteiger partial charge is 0.411 e. The van der Waals surface area contributed by atoms with E-state index in [9.17, 15) is 0 Å². The Hall–Kier alpha value is 0.177. The summed E-state index contributed by atoms with van der Waals surface area (Å²) in [6.07, 6.45) is 3.74. The molecule has 0 radical (unpaired) electrons. The second kappa shape index (κ2) is 7.09. The number of rotatable bonds is 7. The minimum absolute atomic E-state index is 0.0114. The van der Waals surface area contributed by atoms with Gasteiger partial charge in [0.05, 0.1) is 0 Å². The molecule has 0 fully saturated rings. The summed E-state index contributed by atoms with van der Waals surface area (Å²) in [6, 6.07) is 0. The van der Waals surface area contributed by atoms with E-state index in [4.69, 9.17) is 4.43 Å².